The van der Waals surface area contributed by atoms with Crippen molar-refractivity contribution in [2.75, 3.05) is 6.54 Å². The first kappa shape index (κ1) is 27.9. The Labute approximate surface area is 229 Å². The van der Waals surface area contributed by atoms with Gasteiger partial charge in [-0.1, -0.05) is 48.0 Å². The Balaban J connectivity index is 1.57. The fraction of sp³-hybridized carbons (Fsp3) is 0.419. The van der Waals surface area contributed by atoms with Crippen LogP contribution in [0.3, 0.4) is 0 Å². The molecule has 0 radical (unpaired) electrons. The molecule has 202 valence electrons. The highest BCUT2D eigenvalue weighted by molar-refractivity contribution is 6.31. The number of ether oxygens (including phenoxy) is 1. The van der Waals surface area contributed by atoms with Crippen LogP contribution < -0.4 is 5.32 Å². The van der Waals surface area contributed by atoms with E-state index in [4.69, 9.17) is 16.3 Å². The van der Waals surface area contributed by atoms with Crippen LogP contribution in [0.1, 0.15) is 71.0 Å². The number of piperidine rings is 1. The Morgan fingerprint density at radius 1 is 1.16 bits per heavy atom. The number of carbonyl (C=O) groups is 2. The summed E-state index contributed by atoms with van der Waals surface area (Å²) in [6.45, 7) is 9.90. The molecule has 3 aromatic carbocycles. The summed E-state index contributed by atoms with van der Waals surface area (Å²) in [5.41, 5.74) is 0.699. The summed E-state index contributed by atoms with van der Waals surface area (Å²) in [5.74, 6) is -0.433. The predicted octanol–water partition coefficient (Wildman–Crippen LogP) is 7.56. The van der Waals surface area contributed by atoms with E-state index in [-0.39, 0.29) is 36.3 Å². The van der Waals surface area contributed by atoms with Crippen molar-refractivity contribution in [1.29, 1.82) is 0 Å². The Kier molecular flexibility index (Phi) is 8.03. The third-order valence-corrected chi connectivity index (χ3v) is 7.55. The largest absolute Gasteiger partial charge is 0.444 e. The first-order chi connectivity index (χ1) is 17.9. The SMILES string of the molecule is CC(NC(=O)CC1(c2ccc(F)cc2)CCN(C(=O)OC(C)(C)C)C(C)C1)c1cc(Cl)cc2ccccc12. The number of nitrogens with one attached hydrogen (secondary N) is 1. The van der Waals surface area contributed by atoms with Gasteiger partial charge in [0.2, 0.25) is 5.91 Å². The third kappa shape index (κ3) is 6.29. The van der Waals surface area contributed by atoms with E-state index in [9.17, 15) is 14.0 Å². The summed E-state index contributed by atoms with van der Waals surface area (Å²) in [6.07, 6.45) is 0.973. The topological polar surface area (TPSA) is 58.6 Å². The Hall–Kier alpha value is -3.12. The molecule has 3 unspecified atom stereocenters. The number of likely N-dealkylation sites (tertiary alicyclic amines) is 1. The third-order valence-electron chi connectivity index (χ3n) is 7.34. The number of carbonyl (C=O) groups excluding carboxylic acids is 2. The van der Waals surface area contributed by atoms with Gasteiger partial charge in [-0.05, 0) is 93.6 Å². The van der Waals surface area contributed by atoms with E-state index in [1.54, 1.807) is 17.0 Å². The summed E-state index contributed by atoms with van der Waals surface area (Å²) >= 11 is 6.38. The van der Waals surface area contributed by atoms with Gasteiger partial charge in [-0.25, -0.2) is 9.18 Å². The molecule has 38 heavy (non-hydrogen) atoms. The smallest absolute Gasteiger partial charge is 0.410 e. The van der Waals surface area contributed by atoms with E-state index < -0.39 is 11.0 Å². The maximum absolute atomic E-state index is 13.8. The van der Waals surface area contributed by atoms with Crippen LogP contribution in [0.15, 0.2) is 60.7 Å². The lowest BCUT2D eigenvalue weighted by atomic mass is 9.68. The molecule has 1 fully saturated rings. The van der Waals surface area contributed by atoms with Crippen LogP contribution in [-0.4, -0.2) is 35.1 Å². The molecule has 1 N–H and O–H groups in total. The van der Waals surface area contributed by atoms with Crippen LogP contribution in [0.5, 0.6) is 0 Å². The number of hydrogen-bond acceptors (Lipinski definition) is 3. The molecule has 0 spiro atoms. The van der Waals surface area contributed by atoms with Crippen LogP contribution in [0, 0.1) is 5.82 Å². The molecule has 3 aromatic rings. The van der Waals surface area contributed by atoms with E-state index in [0.29, 0.717) is 24.4 Å². The van der Waals surface area contributed by atoms with Gasteiger partial charge in [0.15, 0.2) is 0 Å². The zero-order chi connectivity index (χ0) is 27.7. The highest BCUT2D eigenvalue weighted by Gasteiger charge is 2.43. The molecule has 0 aromatic heterocycles. The van der Waals surface area contributed by atoms with Crippen molar-refractivity contribution < 1.29 is 18.7 Å². The van der Waals surface area contributed by atoms with Crippen LogP contribution in [0.4, 0.5) is 9.18 Å². The molecule has 0 aliphatic carbocycles. The second-order valence-corrected chi connectivity index (χ2v) is 11.9. The summed E-state index contributed by atoms with van der Waals surface area (Å²) in [4.78, 5) is 28.1. The second-order valence-electron chi connectivity index (χ2n) is 11.4. The monoisotopic (exact) mass is 538 g/mol. The number of fused-ring (bicyclic) bond motifs is 1. The van der Waals surface area contributed by atoms with Crippen LogP contribution in [0.25, 0.3) is 10.8 Å². The molecule has 1 aliphatic heterocycles. The first-order valence-electron chi connectivity index (χ1n) is 13.1. The Morgan fingerprint density at radius 2 is 1.84 bits per heavy atom. The highest BCUT2D eigenvalue weighted by Crippen LogP contribution is 2.42. The number of amides is 2. The molecule has 3 atom stereocenters. The number of nitrogens with zero attached hydrogens (tertiary/aromatic N) is 1. The van der Waals surface area contributed by atoms with E-state index >= 15 is 0 Å². The van der Waals surface area contributed by atoms with Gasteiger partial charge in [-0.3, -0.25) is 4.79 Å². The predicted molar refractivity (Wildman–Crippen MR) is 150 cm³/mol. The van der Waals surface area contributed by atoms with E-state index in [1.165, 1.54) is 12.1 Å². The van der Waals surface area contributed by atoms with Crippen LogP contribution in [0.2, 0.25) is 5.02 Å². The summed E-state index contributed by atoms with van der Waals surface area (Å²) in [5, 5.41) is 5.84. The molecule has 0 bridgehead atoms. The molecule has 4 rings (SSSR count). The summed E-state index contributed by atoms with van der Waals surface area (Å²) in [6, 6.07) is 17.7. The van der Waals surface area contributed by atoms with E-state index in [1.807, 2.05) is 71.0 Å². The number of rotatable bonds is 5. The molecule has 1 aliphatic rings. The molecule has 1 heterocycles. The fourth-order valence-electron chi connectivity index (χ4n) is 5.59. The fourth-order valence-corrected chi connectivity index (χ4v) is 5.83. The number of benzene rings is 3. The lowest BCUT2D eigenvalue weighted by molar-refractivity contribution is -0.123. The molecule has 7 heteroatoms. The number of halogens is 2. The van der Waals surface area contributed by atoms with Crippen molar-refractivity contribution in [2.45, 2.75) is 77.0 Å². The zero-order valence-electron chi connectivity index (χ0n) is 22.7. The average Bonchev–Trinajstić information content (AvgIpc) is 2.82. The zero-order valence-corrected chi connectivity index (χ0v) is 23.4. The minimum Gasteiger partial charge on any atom is -0.444 e. The maximum atomic E-state index is 13.8. The second kappa shape index (κ2) is 10.9. The standard InChI is InChI=1S/C31H36ClFN2O3/c1-20-18-31(23-10-12-25(33)13-11-23,14-15-35(20)29(37)38-30(3,4)5)19-28(36)34-21(2)27-17-24(32)16-22-8-6-7-9-26(22)27/h6-13,16-17,20-21H,14-15,18-19H2,1-5H3,(H,34,36). The van der Waals surface area contributed by atoms with Crippen LogP contribution in [-0.2, 0) is 14.9 Å². The van der Waals surface area contributed by atoms with E-state index in [2.05, 4.69) is 5.32 Å². The lowest BCUT2D eigenvalue weighted by Crippen LogP contribution is -2.52. The van der Waals surface area contributed by atoms with Crippen molar-refractivity contribution in [3.63, 3.8) is 0 Å². The van der Waals surface area contributed by atoms with Crippen molar-refractivity contribution in [3.8, 4) is 0 Å². The minimum atomic E-state index is -0.594. The molecule has 0 saturated carbocycles. The van der Waals surface area contributed by atoms with Crippen molar-refractivity contribution in [1.82, 2.24) is 10.2 Å². The van der Waals surface area contributed by atoms with E-state index in [0.717, 1.165) is 21.9 Å². The molecule has 5 nitrogen and oxygen atoms in total. The van der Waals surface area contributed by atoms with Gasteiger partial charge in [-0.15, -0.1) is 0 Å². The molecule has 1 saturated heterocycles. The summed E-state index contributed by atoms with van der Waals surface area (Å²) < 4.78 is 19.4. The van der Waals surface area contributed by atoms with Crippen molar-refractivity contribution in [2.24, 2.45) is 0 Å². The van der Waals surface area contributed by atoms with Crippen molar-refractivity contribution >= 4 is 34.4 Å². The van der Waals surface area contributed by atoms with Gasteiger partial charge in [0, 0.05) is 29.4 Å². The molecular formula is C31H36ClFN2O3. The van der Waals surface area contributed by atoms with Crippen molar-refractivity contribution in [3.05, 3.63) is 82.6 Å². The first-order valence-corrected chi connectivity index (χ1v) is 13.5. The van der Waals surface area contributed by atoms with Crippen LogP contribution >= 0.6 is 11.6 Å². The van der Waals surface area contributed by atoms with Gasteiger partial charge >= 0.3 is 6.09 Å². The normalized spacial score (nSPS) is 20.7. The van der Waals surface area contributed by atoms with Gasteiger partial charge in [0.25, 0.3) is 0 Å². The highest BCUT2D eigenvalue weighted by atomic mass is 35.5. The summed E-state index contributed by atoms with van der Waals surface area (Å²) in [7, 11) is 0. The van der Waals surface area contributed by atoms with Gasteiger partial charge in [0.05, 0.1) is 6.04 Å². The molecule has 2 amide bonds. The Morgan fingerprint density at radius 3 is 2.50 bits per heavy atom. The van der Waals surface area contributed by atoms with Gasteiger partial charge < -0.3 is 15.0 Å². The number of hydrogen-bond donors (Lipinski definition) is 1. The lowest BCUT2D eigenvalue weighted by Gasteiger charge is -2.46. The maximum Gasteiger partial charge on any atom is 0.410 e. The Bertz CT molecular complexity index is 1320. The molecular weight excluding hydrogens is 503 g/mol. The minimum absolute atomic E-state index is 0.108. The van der Waals surface area contributed by atoms with Gasteiger partial charge in [-0.2, -0.15) is 0 Å². The average molecular weight is 539 g/mol. The van der Waals surface area contributed by atoms with Gasteiger partial charge in [0.1, 0.15) is 11.4 Å². The quantitative estimate of drug-likeness (QED) is 0.364.